The predicted molar refractivity (Wildman–Crippen MR) is 93.1 cm³/mol. The molecule has 131 valence electrons. The average molecular weight is 341 g/mol. The smallest absolute Gasteiger partial charge is 0.123 e. The zero-order chi connectivity index (χ0) is 18.4. The van der Waals surface area contributed by atoms with Crippen molar-refractivity contribution in [1.29, 1.82) is 5.26 Å². The molecule has 4 nitrogen and oxygen atoms in total. The van der Waals surface area contributed by atoms with E-state index in [-0.39, 0.29) is 18.0 Å². The Balaban J connectivity index is 2.55. The van der Waals surface area contributed by atoms with Gasteiger partial charge in [-0.2, -0.15) is 5.26 Å². The number of hydrogen-bond donors (Lipinski definition) is 2. The molecule has 25 heavy (non-hydrogen) atoms. The van der Waals surface area contributed by atoms with Crippen LogP contribution in [-0.2, 0) is 12.2 Å². The van der Waals surface area contributed by atoms with Crippen LogP contribution in [0, 0.1) is 23.2 Å². The third-order valence-corrected chi connectivity index (χ3v) is 4.29. The van der Waals surface area contributed by atoms with Crippen molar-refractivity contribution in [2.75, 3.05) is 20.6 Å². The zero-order valence-electron chi connectivity index (χ0n) is 14.5. The first-order chi connectivity index (χ1) is 11.9. The molecule has 0 spiro atoms. The zero-order valence-corrected chi connectivity index (χ0v) is 14.5. The van der Waals surface area contributed by atoms with Gasteiger partial charge in [0.05, 0.1) is 12.2 Å². The van der Waals surface area contributed by atoms with E-state index in [4.69, 9.17) is 0 Å². The molecular formula is C20H22FN2O2. The van der Waals surface area contributed by atoms with Crippen LogP contribution in [0.15, 0.2) is 36.4 Å². The molecule has 0 aliphatic rings. The molecule has 2 rings (SSSR count). The van der Waals surface area contributed by atoms with Gasteiger partial charge in [-0.15, -0.1) is 0 Å². The molecule has 0 saturated carbocycles. The van der Waals surface area contributed by atoms with E-state index >= 15 is 0 Å². The van der Waals surface area contributed by atoms with Crippen LogP contribution in [0.25, 0.3) is 0 Å². The first-order valence-corrected chi connectivity index (χ1v) is 8.10. The molecule has 0 heterocycles. The highest BCUT2D eigenvalue weighted by Crippen LogP contribution is 2.37. The van der Waals surface area contributed by atoms with Crippen molar-refractivity contribution in [3.8, 4) is 6.07 Å². The molecule has 2 N–H and O–H groups in total. The fourth-order valence-corrected chi connectivity index (χ4v) is 2.99. The third-order valence-electron chi connectivity index (χ3n) is 4.29. The maximum absolute atomic E-state index is 13.3. The van der Waals surface area contributed by atoms with Gasteiger partial charge in [-0.05, 0) is 56.7 Å². The van der Waals surface area contributed by atoms with Crippen molar-refractivity contribution < 1.29 is 14.6 Å². The number of aliphatic hydroxyl groups excluding tert-OH is 1. The Morgan fingerprint density at radius 1 is 1.24 bits per heavy atom. The molecule has 1 radical (unpaired) electrons. The Morgan fingerprint density at radius 3 is 2.48 bits per heavy atom. The summed E-state index contributed by atoms with van der Waals surface area (Å²) >= 11 is 0. The lowest BCUT2D eigenvalue weighted by atomic mass is 9.79. The van der Waals surface area contributed by atoms with Crippen LogP contribution in [0.2, 0.25) is 0 Å². The molecular weight excluding hydrogens is 319 g/mol. The first-order valence-electron chi connectivity index (χ1n) is 8.10. The largest absolute Gasteiger partial charge is 0.392 e. The van der Waals surface area contributed by atoms with Crippen molar-refractivity contribution in [1.82, 2.24) is 4.90 Å². The SMILES string of the molecule is CN(C)CCC[C@](O)(c1ccc(F)cc1)c1cc[c]c(C#N)c1CO. The Hall–Kier alpha value is -2.26. The number of rotatable bonds is 7. The summed E-state index contributed by atoms with van der Waals surface area (Å²) in [5, 5.41) is 30.5. The molecule has 0 fully saturated rings. The number of nitriles is 1. The van der Waals surface area contributed by atoms with Crippen molar-refractivity contribution in [2.24, 2.45) is 0 Å². The molecule has 2 aromatic rings. The summed E-state index contributed by atoms with van der Waals surface area (Å²) in [5.74, 6) is -0.388. The fraction of sp³-hybridized carbons (Fsp3) is 0.350. The molecule has 0 amide bonds. The van der Waals surface area contributed by atoms with Crippen LogP contribution in [0.4, 0.5) is 4.39 Å². The van der Waals surface area contributed by atoms with Gasteiger partial charge in [-0.1, -0.05) is 24.3 Å². The van der Waals surface area contributed by atoms with Crippen LogP contribution in [-0.4, -0.2) is 35.8 Å². The van der Waals surface area contributed by atoms with Crippen LogP contribution < -0.4 is 0 Å². The monoisotopic (exact) mass is 341 g/mol. The molecule has 0 aliphatic carbocycles. The van der Waals surface area contributed by atoms with Gasteiger partial charge >= 0.3 is 0 Å². The minimum Gasteiger partial charge on any atom is -0.392 e. The van der Waals surface area contributed by atoms with Crippen LogP contribution in [0.1, 0.15) is 35.1 Å². The third kappa shape index (κ3) is 4.23. The van der Waals surface area contributed by atoms with Gasteiger partial charge in [0.25, 0.3) is 0 Å². The minimum atomic E-state index is -1.43. The van der Waals surface area contributed by atoms with E-state index in [1.165, 1.54) is 24.3 Å². The van der Waals surface area contributed by atoms with Crippen molar-refractivity contribution in [3.05, 3.63) is 70.5 Å². The van der Waals surface area contributed by atoms with Crippen LogP contribution in [0.3, 0.4) is 0 Å². The Bertz CT molecular complexity index is 753. The second-order valence-corrected chi connectivity index (χ2v) is 6.29. The number of halogens is 1. The Kier molecular flexibility index (Phi) is 6.27. The molecule has 0 aliphatic heterocycles. The highest BCUT2D eigenvalue weighted by Gasteiger charge is 2.34. The Morgan fingerprint density at radius 2 is 1.92 bits per heavy atom. The fourth-order valence-electron chi connectivity index (χ4n) is 2.99. The maximum atomic E-state index is 13.3. The minimum absolute atomic E-state index is 0.202. The lowest BCUT2D eigenvalue weighted by Gasteiger charge is -2.32. The quantitative estimate of drug-likeness (QED) is 0.812. The summed E-state index contributed by atoms with van der Waals surface area (Å²) in [6.45, 7) is 0.384. The molecule has 0 bridgehead atoms. The van der Waals surface area contributed by atoms with Crippen LogP contribution >= 0.6 is 0 Å². The highest BCUT2D eigenvalue weighted by atomic mass is 19.1. The van der Waals surface area contributed by atoms with Gasteiger partial charge in [0, 0.05) is 11.6 Å². The predicted octanol–water partition coefficient (Wildman–Crippen LogP) is 2.57. The lowest BCUT2D eigenvalue weighted by Crippen LogP contribution is -2.30. The van der Waals surface area contributed by atoms with Gasteiger partial charge in [0.2, 0.25) is 0 Å². The molecule has 0 aromatic heterocycles. The number of aliphatic hydroxyl groups is 2. The average Bonchev–Trinajstić information content (AvgIpc) is 2.60. The summed E-state index contributed by atoms with van der Waals surface area (Å²) in [6, 6.07) is 13.7. The van der Waals surface area contributed by atoms with Gasteiger partial charge < -0.3 is 15.1 Å². The molecule has 1 atom stereocenters. The summed E-state index contributed by atoms with van der Waals surface area (Å²) in [5.41, 5.74) is 0.102. The maximum Gasteiger partial charge on any atom is 0.123 e. The summed E-state index contributed by atoms with van der Waals surface area (Å²) in [4.78, 5) is 2.01. The molecule has 0 saturated heterocycles. The van der Waals surface area contributed by atoms with Gasteiger partial charge in [-0.3, -0.25) is 0 Å². The summed E-state index contributed by atoms with van der Waals surface area (Å²) in [6.07, 6.45) is 1.06. The highest BCUT2D eigenvalue weighted by molar-refractivity contribution is 5.48. The Labute approximate surface area is 147 Å². The second-order valence-electron chi connectivity index (χ2n) is 6.29. The molecule has 2 aromatic carbocycles. The van der Waals surface area contributed by atoms with Crippen molar-refractivity contribution >= 4 is 0 Å². The van der Waals surface area contributed by atoms with Crippen molar-refractivity contribution in [3.63, 3.8) is 0 Å². The molecule has 0 unspecified atom stereocenters. The second kappa shape index (κ2) is 8.21. The first kappa shape index (κ1) is 19.1. The summed E-state index contributed by atoms with van der Waals surface area (Å²) in [7, 11) is 3.89. The van der Waals surface area contributed by atoms with Gasteiger partial charge in [0.15, 0.2) is 0 Å². The van der Waals surface area contributed by atoms with E-state index in [0.717, 1.165) is 6.54 Å². The number of benzene rings is 2. The van der Waals surface area contributed by atoms with E-state index in [1.54, 1.807) is 12.1 Å². The summed E-state index contributed by atoms with van der Waals surface area (Å²) < 4.78 is 13.3. The van der Waals surface area contributed by atoms with E-state index < -0.39 is 5.60 Å². The number of nitrogens with zero attached hydrogens (tertiary/aromatic N) is 2. The molecule has 5 heteroatoms. The number of hydrogen-bond acceptors (Lipinski definition) is 4. The van der Waals surface area contributed by atoms with Crippen LogP contribution in [0.5, 0.6) is 0 Å². The van der Waals surface area contributed by atoms with Gasteiger partial charge in [-0.25, -0.2) is 4.39 Å². The van der Waals surface area contributed by atoms with Gasteiger partial charge in [0.1, 0.15) is 17.5 Å². The normalized spacial score (nSPS) is 13.5. The van der Waals surface area contributed by atoms with E-state index in [9.17, 15) is 19.9 Å². The van der Waals surface area contributed by atoms with E-state index in [2.05, 4.69) is 6.07 Å². The lowest BCUT2D eigenvalue weighted by molar-refractivity contribution is 0.0640. The van der Waals surface area contributed by atoms with E-state index in [0.29, 0.717) is 29.5 Å². The van der Waals surface area contributed by atoms with E-state index in [1.807, 2.05) is 25.1 Å². The van der Waals surface area contributed by atoms with Crippen molar-refractivity contribution in [2.45, 2.75) is 25.0 Å². The topological polar surface area (TPSA) is 67.5 Å². The standard InChI is InChI=1S/C20H22FN2O2/c1-23(2)12-4-11-20(25,16-7-9-17(21)10-8-16)19-6-3-5-15(13-22)18(19)14-24/h3,6-10,24-25H,4,11-12,14H2,1-2H3/t20-/m0/s1.